The number of benzene rings is 1. The highest BCUT2D eigenvalue weighted by Gasteiger charge is 2.41. The van der Waals surface area contributed by atoms with Crippen molar-refractivity contribution in [3.05, 3.63) is 41.7 Å². The number of fused-ring (bicyclic) bond motifs is 1. The third-order valence-corrected chi connectivity index (χ3v) is 4.49. The zero-order valence-electron chi connectivity index (χ0n) is 12.8. The molecule has 2 heterocycles. The molecular weight excluding hydrogens is 294 g/mol. The summed E-state index contributed by atoms with van der Waals surface area (Å²) in [6, 6.07) is 5.57. The maximum atomic E-state index is 12.9. The Morgan fingerprint density at radius 2 is 2.17 bits per heavy atom. The van der Waals surface area contributed by atoms with Crippen LogP contribution in [0.15, 0.2) is 28.9 Å². The molecule has 7 heteroatoms. The highest BCUT2D eigenvalue weighted by Crippen LogP contribution is 2.37. The second-order valence-corrected chi connectivity index (χ2v) is 6.02. The Morgan fingerprint density at radius 3 is 2.91 bits per heavy atom. The third-order valence-electron chi connectivity index (χ3n) is 4.49. The molecule has 3 aromatic rings. The molecule has 2 aromatic heterocycles. The fourth-order valence-corrected chi connectivity index (χ4v) is 3.32. The second kappa shape index (κ2) is 5.19. The van der Waals surface area contributed by atoms with Crippen molar-refractivity contribution in [1.82, 2.24) is 25.7 Å². The number of carbonyl (C=O) groups excluding carboxylic acids is 1. The number of aromatic amines is 1. The summed E-state index contributed by atoms with van der Waals surface area (Å²) in [6.07, 6.45) is 5.40. The van der Waals surface area contributed by atoms with Crippen LogP contribution in [-0.4, -0.2) is 26.2 Å². The first kappa shape index (κ1) is 13.9. The van der Waals surface area contributed by atoms with Gasteiger partial charge in [0.05, 0.1) is 17.3 Å². The largest absolute Gasteiger partial charge is 0.340 e. The molecule has 7 nitrogen and oxygen atoms in total. The van der Waals surface area contributed by atoms with Gasteiger partial charge in [-0.05, 0) is 18.9 Å². The van der Waals surface area contributed by atoms with Crippen LogP contribution in [0.3, 0.4) is 0 Å². The van der Waals surface area contributed by atoms with E-state index in [0.29, 0.717) is 17.3 Å². The summed E-state index contributed by atoms with van der Waals surface area (Å²) in [6.45, 7) is 1.76. The van der Waals surface area contributed by atoms with Crippen LogP contribution in [0.25, 0.3) is 10.9 Å². The quantitative estimate of drug-likeness (QED) is 0.774. The average Bonchev–Trinajstić information content (AvgIpc) is 3.26. The normalized spacial score (nSPS) is 16.7. The topological polar surface area (TPSA) is 96.7 Å². The van der Waals surface area contributed by atoms with E-state index >= 15 is 0 Å². The molecule has 0 unspecified atom stereocenters. The average molecular weight is 311 g/mol. The highest BCUT2D eigenvalue weighted by atomic mass is 16.5. The van der Waals surface area contributed by atoms with Crippen LogP contribution in [-0.2, 0) is 5.54 Å². The molecule has 0 saturated heterocycles. The van der Waals surface area contributed by atoms with Gasteiger partial charge in [-0.15, -0.1) is 0 Å². The van der Waals surface area contributed by atoms with E-state index in [-0.39, 0.29) is 5.91 Å². The zero-order valence-corrected chi connectivity index (χ0v) is 12.8. The van der Waals surface area contributed by atoms with E-state index < -0.39 is 5.54 Å². The van der Waals surface area contributed by atoms with Crippen molar-refractivity contribution in [1.29, 1.82) is 0 Å². The predicted octanol–water partition coefficient (Wildman–Crippen LogP) is 2.45. The maximum absolute atomic E-state index is 12.9. The van der Waals surface area contributed by atoms with Crippen molar-refractivity contribution < 1.29 is 9.32 Å². The second-order valence-electron chi connectivity index (χ2n) is 6.02. The van der Waals surface area contributed by atoms with Gasteiger partial charge in [0.15, 0.2) is 5.82 Å². The number of hydrogen-bond donors (Lipinski definition) is 2. The van der Waals surface area contributed by atoms with Gasteiger partial charge in [-0.25, -0.2) is 0 Å². The minimum absolute atomic E-state index is 0.149. The van der Waals surface area contributed by atoms with Crippen molar-refractivity contribution in [2.75, 3.05) is 0 Å². The fourth-order valence-electron chi connectivity index (χ4n) is 3.32. The molecule has 1 aliphatic rings. The van der Waals surface area contributed by atoms with Gasteiger partial charge in [0.2, 0.25) is 5.89 Å². The number of rotatable bonds is 3. The van der Waals surface area contributed by atoms with Crippen molar-refractivity contribution in [3.8, 4) is 0 Å². The fraction of sp³-hybridized carbons (Fsp3) is 0.375. The van der Waals surface area contributed by atoms with Gasteiger partial charge in [0.1, 0.15) is 5.54 Å². The van der Waals surface area contributed by atoms with Crippen LogP contribution in [0.1, 0.15) is 47.8 Å². The van der Waals surface area contributed by atoms with Gasteiger partial charge in [-0.2, -0.15) is 10.1 Å². The molecule has 118 valence electrons. The molecule has 1 aromatic carbocycles. The number of hydrogen-bond acceptors (Lipinski definition) is 5. The van der Waals surface area contributed by atoms with E-state index in [1.807, 2.05) is 12.1 Å². The molecule has 1 saturated carbocycles. The van der Waals surface area contributed by atoms with Crippen molar-refractivity contribution in [3.63, 3.8) is 0 Å². The van der Waals surface area contributed by atoms with Gasteiger partial charge in [-0.3, -0.25) is 9.89 Å². The summed E-state index contributed by atoms with van der Waals surface area (Å²) in [5, 5.41) is 15.0. The zero-order chi connectivity index (χ0) is 15.9. The molecule has 0 radical (unpaired) electrons. The highest BCUT2D eigenvalue weighted by molar-refractivity contribution is 6.05. The minimum atomic E-state index is -0.545. The van der Waals surface area contributed by atoms with Crippen molar-refractivity contribution in [2.45, 2.75) is 38.1 Å². The third kappa shape index (κ3) is 2.28. The lowest BCUT2D eigenvalue weighted by Crippen LogP contribution is -2.44. The molecule has 1 aliphatic carbocycles. The van der Waals surface area contributed by atoms with Crippen LogP contribution in [0.5, 0.6) is 0 Å². The maximum Gasteiger partial charge on any atom is 0.254 e. The molecule has 2 N–H and O–H groups in total. The number of nitrogens with zero attached hydrogens (tertiary/aromatic N) is 3. The first-order chi connectivity index (χ1) is 11.2. The standard InChI is InChI=1S/C16H17N5O2/c1-10-18-15(21-23-10)16(7-2-3-8-16)19-14(22)12-6-4-5-11-9-17-20-13(11)12/h4-6,9H,2-3,7-8H2,1H3,(H,17,20)(H,19,22). The molecule has 0 aliphatic heterocycles. The predicted molar refractivity (Wildman–Crippen MR) is 82.7 cm³/mol. The van der Waals surface area contributed by atoms with E-state index in [1.54, 1.807) is 19.2 Å². The molecule has 0 spiro atoms. The van der Waals surface area contributed by atoms with Gasteiger partial charge in [-0.1, -0.05) is 30.1 Å². The van der Waals surface area contributed by atoms with E-state index in [2.05, 4.69) is 25.7 Å². The van der Waals surface area contributed by atoms with E-state index in [1.165, 1.54) is 0 Å². The van der Waals surface area contributed by atoms with Crippen LogP contribution in [0.2, 0.25) is 0 Å². The lowest BCUT2D eigenvalue weighted by Gasteiger charge is -2.26. The number of aromatic nitrogens is 4. The number of amides is 1. The van der Waals surface area contributed by atoms with Crippen LogP contribution in [0.4, 0.5) is 0 Å². The van der Waals surface area contributed by atoms with E-state index in [4.69, 9.17) is 4.52 Å². The molecule has 0 atom stereocenters. The molecule has 4 rings (SSSR count). The molecule has 0 bridgehead atoms. The van der Waals surface area contributed by atoms with Crippen LogP contribution < -0.4 is 5.32 Å². The molecule has 23 heavy (non-hydrogen) atoms. The first-order valence-corrected chi connectivity index (χ1v) is 7.73. The summed E-state index contributed by atoms with van der Waals surface area (Å²) in [7, 11) is 0. The smallest absolute Gasteiger partial charge is 0.254 e. The summed E-state index contributed by atoms with van der Waals surface area (Å²) in [5.41, 5.74) is 0.769. The van der Waals surface area contributed by atoms with Gasteiger partial charge in [0, 0.05) is 12.3 Å². The van der Waals surface area contributed by atoms with E-state index in [0.717, 1.165) is 36.6 Å². The SMILES string of the molecule is Cc1nc(C2(NC(=O)c3cccc4cn[nH]c34)CCCC2)no1. The Morgan fingerprint density at radius 1 is 1.35 bits per heavy atom. The Kier molecular flexibility index (Phi) is 3.14. The Balaban J connectivity index is 1.70. The van der Waals surface area contributed by atoms with Gasteiger partial charge >= 0.3 is 0 Å². The first-order valence-electron chi connectivity index (χ1n) is 7.73. The molecule has 1 fully saturated rings. The number of H-pyrrole nitrogens is 1. The van der Waals surface area contributed by atoms with Crippen molar-refractivity contribution in [2.24, 2.45) is 0 Å². The van der Waals surface area contributed by atoms with Gasteiger partial charge in [0.25, 0.3) is 5.91 Å². The summed E-state index contributed by atoms with van der Waals surface area (Å²) in [5.74, 6) is 0.929. The Labute approximate surface area is 132 Å². The number of nitrogens with one attached hydrogen (secondary N) is 2. The lowest BCUT2D eigenvalue weighted by molar-refractivity contribution is 0.0893. The van der Waals surface area contributed by atoms with Crippen LogP contribution in [0, 0.1) is 6.92 Å². The Bertz CT molecular complexity index is 860. The molecule has 1 amide bonds. The summed E-state index contributed by atoms with van der Waals surface area (Å²) < 4.78 is 5.12. The number of carbonyl (C=O) groups is 1. The summed E-state index contributed by atoms with van der Waals surface area (Å²) >= 11 is 0. The number of aryl methyl sites for hydroxylation is 1. The van der Waals surface area contributed by atoms with E-state index in [9.17, 15) is 4.79 Å². The minimum Gasteiger partial charge on any atom is -0.340 e. The summed E-state index contributed by atoms with van der Waals surface area (Å²) in [4.78, 5) is 17.2. The van der Waals surface area contributed by atoms with Crippen molar-refractivity contribution >= 4 is 16.8 Å². The lowest BCUT2D eigenvalue weighted by atomic mass is 9.95. The monoisotopic (exact) mass is 311 g/mol. The Hall–Kier alpha value is -2.70. The number of para-hydroxylation sites is 1. The van der Waals surface area contributed by atoms with Crippen LogP contribution >= 0.6 is 0 Å². The molecular formula is C16H17N5O2. The van der Waals surface area contributed by atoms with Gasteiger partial charge < -0.3 is 9.84 Å².